The number of imidazole rings is 1. The van der Waals surface area contributed by atoms with Gasteiger partial charge in [0.1, 0.15) is 5.25 Å². The molecule has 0 saturated heterocycles. The van der Waals surface area contributed by atoms with Crippen molar-refractivity contribution in [1.82, 2.24) is 14.9 Å². The van der Waals surface area contributed by atoms with Crippen LogP contribution >= 0.6 is 0 Å². The largest absolute Gasteiger partial charge is 0.351 e. The van der Waals surface area contributed by atoms with E-state index in [2.05, 4.69) is 10.3 Å². The van der Waals surface area contributed by atoms with Gasteiger partial charge >= 0.3 is 0 Å². The molecule has 1 N–H and O–H groups in total. The molecule has 1 amide bonds. The monoisotopic (exact) mass is 321 g/mol. The summed E-state index contributed by atoms with van der Waals surface area (Å²) in [6, 6.07) is 7.78. The molecule has 2 rings (SSSR count). The van der Waals surface area contributed by atoms with Gasteiger partial charge in [0, 0.05) is 31.7 Å². The molecule has 1 atom stereocenters. The molecule has 1 heterocycles. The number of hydrogen-bond acceptors (Lipinski definition) is 4. The van der Waals surface area contributed by atoms with Gasteiger partial charge in [-0.25, -0.2) is 13.4 Å². The molecule has 7 heteroatoms. The molecule has 0 aliphatic rings. The van der Waals surface area contributed by atoms with Crippen molar-refractivity contribution >= 4 is 15.7 Å². The molecular formula is C15H19N3O3S. The molecule has 0 fully saturated rings. The fourth-order valence-corrected chi connectivity index (χ4v) is 2.35. The van der Waals surface area contributed by atoms with Crippen molar-refractivity contribution in [2.45, 2.75) is 25.3 Å². The summed E-state index contributed by atoms with van der Waals surface area (Å²) in [6.45, 7) is 2.43. The Morgan fingerprint density at radius 2 is 1.91 bits per heavy atom. The van der Waals surface area contributed by atoms with Gasteiger partial charge in [0.2, 0.25) is 5.91 Å². The van der Waals surface area contributed by atoms with Crippen molar-refractivity contribution in [3.05, 3.63) is 54.1 Å². The minimum atomic E-state index is -3.36. The lowest BCUT2D eigenvalue weighted by Crippen LogP contribution is -2.36. The zero-order chi connectivity index (χ0) is 16.2. The molecule has 6 nitrogen and oxygen atoms in total. The van der Waals surface area contributed by atoms with Crippen LogP contribution in [0.4, 0.5) is 0 Å². The van der Waals surface area contributed by atoms with Crippen molar-refractivity contribution in [2.24, 2.45) is 0 Å². The van der Waals surface area contributed by atoms with Crippen molar-refractivity contribution in [1.29, 1.82) is 0 Å². The molecule has 0 aliphatic carbocycles. The van der Waals surface area contributed by atoms with Gasteiger partial charge in [-0.3, -0.25) is 4.79 Å². The summed E-state index contributed by atoms with van der Waals surface area (Å²) >= 11 is 0. The average Bonchev–Trinajstić information content (AvgIpc) is 2.97. The predicted molar refractivity (Wildman–Crippen MR) is 83.9 cm³/mol. The predicted octanol–water partition coefficient (Wildman–Crippen LogP) is 0.981. The summed E-state index contributed by atoms with van der Waals surface area (Å²) < 4.78 is 24.6. The van der Waals surface area contributed by atoms with Gasteiger partial charge in [0.15, 0.2) is 9.84 Å². The minimum Gasteiger partial charge on any atom is -0.351 e. The van der Waals surface area contributed by atoms with Crippen LogP contribution in [0.3, 0.4) is 0 Å². The highest BCUT2D eigenvalue weighted by Gasteiger charge is 2.22. The number of carbonyl (C=O) groups excluding carboxylic acids is 1. The lowest BCUT2D eigenvalue weighted by Gasteiger charge is -2.11. The summed E-state index contributed by atoms with van der Waals surface area (Å²) in [5.74, 6) is -0.481. The highest BCUT2D eigenvalue weighted by molar-refractivity contribution is 7.92. The van der Waals surface area contributed by atoms with E-state index in [1.807, 2.05) is 35.0 Å². The Labute approximate surface area is 130 Å². The van der Waals surface area contributed by atoms with E-state index < -0.39 is 21.0 Å². The number of rotatable bonds is 6. The zero-order valence-corrected chi connectivity index (χ0v) is 13.4. The molecule has 0 aliphatic heterocycles. The fraction of sp³-hybridized carbons (Fsp3) is 0.333. The van der Waals surface area contributed by atoms with Crippen LogP contribution in [0.2, 0.25) is 0 Å². The highest BCUT2D eigenvalue weighted by Crippen LogP contribution is 2.07. The second-order valence-corrected chi connectivity index (χ2v) is 7.61. The van der Waals surface area contributed by atoms with E-state index in [1.165, 1.54) is 6.92 Å². The third-order valence-electron chi connectivity index (χ3n) is 3.43. The quantitative estimate of drug-likeness (QED) is 0.860. The topological polar surface area (TPSA) is 81.1 Å². The Kier molecular flexibility index (Phi) is 4.97. The zero-order valence-electron chi connectivity index (χ0n) is 12.6. The normalized spacial score (nSPS) is 12.8. The van der Waals surface area contributed by atoms with Gasteiger partial charge in [-0.2, -0.15) is 0 Å². The molecule has 0 bridgehead atoms. The van der Waals surface area contributed by atoms with E-state index in [9.17, 15) is 13.2 Å². The lowest BCUT2D eigenvalue weighted by molar-refractivity contribution is -0.120. The maximum absolute atomic E-state index is 11.7. The number of nitrogens with one attached hydrogen (secondary N) is 1. The number of hydrogen-bond donors (Lipinski definition) is 1. The van der Waals surface area contributed by atoms with Crippen LogP contribution in [-0.4, -0.2) is 35.4 Å². The molecular weight excluding hydrogens is 302 g/mol. The van der Waals surface area contributed by atoms with Crippen LogP contribution in [0.1, 0.15) is 18.1 Å². The number of sulfone groups is 1. The van der Waals surface area contributed by atoms with Crippen LogP contribution in [-0.2, 0) is 27.7 Å². The van der Waals surface area contributed by atoms with Gasteiger partial charge in [0.25, 0.3) is 0 Å². The van der Waals surface area contributed by atoms with Crippen LogP contribution < -0.4 is 5.32 Å². The highest BCUT2D eigenvalue weighted by atomic mass is 32.2. The molecule has 1 aromatic heterocycles. The molecule has 1 aromatic carbocycles. The van der Waals surface area contributed by atoms with Crippen LogP contribution in [0.15, 0.2) is 43.0 Å². The van der Waals surface area contributed by atoms with Crippen molar-refractivity contribution in [3.8, 4) is 0 Å². The van der Waals surface area contributed by atoms with E-state index >= 15 is 0 Å². The Balaban J connectivity index is 1.90. The number of nitrogens with zero attached hydrogens (tertiary/aromatic N) is 2. The van der Waals surface area contributed by atoms with E-state index in [1.54, 1.807) is 12.5 Å². The number of aromatic nitrogens is 2. The smallest absolute Gasteiger partial charge is 0.238 e. The van der Waals surface area contributed by atoms with Crippen LogP contribution in [0, 0.1) is 0 Å². The molecule has 0 radical (unpaired) electrons. The summed E-state index contributed by atoms with van der Waals surface area (Å²) in [6.07, 6.45) is 6.43. The Morgan fingerprint density at radius 3 is 2.45 bits per heavy atom. The van der Waals surface area contributed by atoms with E-state index in [0.29, 0.717) is 6.54 Å². The maximum atomic E-state index is 11.7. The number of amides is 1. The summed E-state index contributed by atoms with van der Waals surface area (Å²) in [4.78, 5) is 15.7. The first-order valence-corrected chi connectivity index (χ1v) is 8.82. The van der Waals surface area contributed by atoms with Gasteiger partial charge in [-0.15, -0.1) is 0 Å². The van der Waals surface area contributed by atoms with Gasteiger partial charge in [-0.1, -0.05) is 24.3 Å². The Morgan fingerprint density at radius 1 is 1.27 bits per heavy atom. The van der Waals surface area contributed by atoms with E-state index in [-0.39, 0.29) is 0 Å². The Bertz CT molecular complexity index is 722. The molecule has 0 spiro atoms. The van der Waals surface area contributed by atoms with Crippen molar-refractivity contribution in [3.63, 3.8) is 0 Å². The molecule has 2 aromatic rings. The fourth-order valence-electron chi connectivity index (χ4n) is 1.88. The molecule has 22 heavy (non-hydrogen) atoms. The van der Waals surface area contributed by atoms with Gasteiger partial charge in [-0.05, 0) is 18.1 Å². The second kappa shape index (κ2) is 6.74. The molecule has 0 saturated carbocycles. The third-order valence-corrected chi connectivity index (χ3v) is 4.92. The van der Waals surface area contributed by atoms with Crippen LogP contribution in [0.25, 0.3) is 0 Å². The molecule has 118 valence electrons. The first kappa shape index (κ1) is 16.2. The summed E-state index contributed by atoms with van der Waals surface area (Å²) in [5, 5.41) is 1.60. The van der Waals surface area contributed by atoms with E-state index in [4.69, 9.17) is 0 Å². The maximum Gasteiger partial charge on any atom is 0.238 e. The third kappa shape index (κ3) is 4.42. The van der Waals surface area contributed by atoms with Gasteiger partial charge in [0.05, 0.1) is 6.33 Å². The van der Waals surface area contributed by atoms with Crippen LogP contribution in [0.5, 0.6) is 0 Å². The SMILES string of the molecule is C[C@@H](C(=O)NCc1ccc(Cn2ccnc2)cc1)S(C)(=O)=O. The summed E-state index contributed by atoms with van der Waals surface area (Å²) in [5.41, 5.74) is 2.04. The number of carbonyl (C=O) groups is 1. The lowest BCUT2D eigenvalue weighted by atomic mass is 10.1. The van der Waals surface area contributed by atoms with Gasteiger partial charge < -0.3 is 9.88 Å². The number of benzene rings is 1. The van der Waals surface area contributed by atoms with Crippen molar-refractivity contribution in [2.75, 3.05) is 6.26 Å². The second-order valence-electron chi connectivity index (χ2n) is 5.24. The molecule has 0 unspecified atom stereocenters. The standard InChI is InChI=1S/C15H19N3O3S/c1-12(22(2,20)21)15(19)17-9-13-3-5-14(6-4-13)10-18-8-7-16-11-18/h3-8,11-12H,9-10H2,1-2H3,(H,17,19)/t12-/m0/s1. The minimum absolute atomic E-state index is 0.310. The first-order chi connectivity index (χ1) is 10.4. The van der Waals surface area contributed by atoms with Crippen molar-refractivity contribution < 1.29 is 13.2 Å². The average molecular weight is 321 g/mol. The first-order valence-electron chi connectivity index (χ1n) is 6.86. The summed E-state index contributed by atoms with van der Waals surface area (Å²) in [7, 11) is -3.36. The Hall–Kier alpha value is -2.15. The van der Waals surface area contributed by atoms with E-state index in [0.717, 1.165) is 23.9 Å².